The summed E-state index contributed by atoms with van der Waals surface area (Å²) in [6.07, 6.45) is 10.7. The first kappa shape index (κ1) is 15.6. The minimum atomic E-state index is 0.156. The molecule has 1 amide bonds. The van der Waals surface area contributed by atoms with Crippen molar-refractivity contribution in [3.63, 3.8) is 0 Å². The largest absolute Gasteiger partial charge is 0.340 e. The molecule has 1 saturated heterocycles. The van der Waals surface area contributed by atoms with Crippen LogP contribution in [0.25, 0.3) is 0 Å². The van der Waals surface area contributed by atoms with Crippen LogP contribution >= 0.6 is 11.3 Å². The minimum Gasteiger partial charge on any atom is -0.340 e. The Labute approximate surface area is 152 Å². The lowest BCUT2D eigenvalue weighted by molar-refractivity contribution is -0.134. The topological polar surface area (TPSA) is 51.0 Å². The highest BCUT2D eigenvalue weighted by Crippen LogP contribution is 2.32. The van der Waals surface area contributed by atoms with Crippen molar-refractivity contribution in [2.24, 2.45) is 5.92 Å². The van der Waals surface area contributed by atoms with E-state index >= 15 is 0 Å². The number of thiazole rings is 1. The number of amides is 1. The molecule has 2 atom stereocenters. The summed E-state index contributed by atoms with van der Waals surface area (Å²) >= 11 is 1.71. The van der Waals surface area contributed by atoms with E-state index in [1.165, 1.54) is 34.8 Å². The molecule has 0 N–H and O–H groups in total. The zero-order valence-electron chi connectivity index (χ0n) is 14.5. The third-order valence-electron chi connectivity index (χ3n) is 6.16. The van der Waals surface area contributed by atoms with Gasteiger partial charge in [0, 0.05) is 29.6 Å². The lowest BCUT2D eigenvalue weighted by Crippen LogP contribution is -2.37. The van der Waals surface area contributed by atoms with Gasteiger partial charge in [-0.15, -0.1) is 11.3 Å². The second-order valence-electron chi connectivity index (χ2n) is 7.64. The first-order chi connectivity index (χ1) is 12.3. The number of fused-ring (bicyclic) bond motifs is 2. The van der Waals surface area contributed by atoms with Crippen molar-refractivity contribution in [2.75, 3.05) is 13.1 Å². The molecule has 0 radical (unpaired) electrons. The van der Waals surface area contributed by atoms with Crippen LogP contribution in [0.3, 0.4) is 0 Å². The van der Waals surface area contributed by atoms with Crippen LogP contribution in [-0.4, -0.2) is 38.4 Å². The maximum atomic E-state index is 13.0. The second kappa shape index (κ2) is 6.24. The van der Waals surface area contributed by atoms with Crippen molar-refractivity contribution >= 4 is 17.2 Å². The maximum Gasteiger partial charge on any atom is 0.226 e. The molecule has 2 unspecified atom stereocenters. The van der Waals surface area contributed by atoms with Crippen molar-refractivity contribution in [1.82, 2.24) is 19.4 Å². The average Bonchev–Trinajstić information content (AvgIpc) is 3.38. The van der Waals surface area contributed by atoms with Gasteiger partial charge in [-0.2, -0.15) is 0 Å². The normalized spacial score (nSPS) is 25.7. The molecule has 132 valence electrons. The van der Waals surface area contributed by atoms with Gasteiger partial charge in [0.2, 0.25) is 5.91 Å². The molecule has 0 saturated carbocycles. The van der Waals surface area contributed by atoms with Crippen molar-refractivity contribution in [3.8, 4) is 0 Å². The second-order valence-corrected chi connectivity index (χ2v) is 8.58. The fourth-order valence-corrected chi connectivity index (χ4v) is 5.64. The summed E-state index contributed by atoms with van der Waals surface area (Å²) in [5, 5.41) is 0. The highest BCUT2D eigenvalue weighted by atomic mass is 32.1. The van der Waals surface area contributed by atoms with Gasteiger partial charge in [0.05, 0.1) is 29.3 Å². The Morgan fingerprint density at radius 3 is 3.00 bits per heavy atom. The van der Waals surface area contributed by atoms with E-state index in [4.69, 9.17) is 0 Å². The van der Waals surface area contributed by atoms with Crippen LogP contribution < -0.4 is 0 Å². The van der Waals surface area contributed by atoms with Crippen LogP contribution in [0.15, 0.2) is 11.8 Å². The predicted octanol–water partition coefficient (Wildman–Crippen LogP) is 2.80. The van der Waals surface area contributed by atoms with E-state index < -0.39 is 0 Å². The number of likely N-dealkylation sites (tertiary alicyclic amines) is 1. The lowest BCUT2D eigenvalue weighted by Gasteiger charge is -2.26. The number of aryl methyl sites for hydroxylation is 2. The van der Waals surface area contributed by atoms with E-state index in [9.17, 15) is 4.79 Å². The number of carbonyl (C=O) groups is 1. The highest BCUT2D eigenvalue weighted by Gasteiger charge is 2.35. The number of nitrogens with zero attached hydrogens (tertiary/aromatic N) is 4. The van der Waals surface area contributed by atoms with Crippen LogP contribution in [0.4, 0.5) is 0 Å². The molecule has 25 heavy (non-hydrogen) atoms. The van der Waals surface area contributed by atoms with Gasteiger partial charge in [0.15, 0.2) is 0 Å². The number of hydrogen-bond acceptors (Lipinski definition) is 4. The highest BCUT2D eigenvalue weighted by molar-refractivity contribution is 7.09. The monoisotopic (exact) mass is 356 g/mol. The zero-order chi connectivity index (χ0) is 16.8. The SMILES string of the molecule is O=C(C1CCc2ncsc2C1)N1CCC(n2cnc3c2CCCC3)C1. The Bertz CT molecular complexity index is 795. The van der Waals surface area contributed by atoms with Gasteiger partial charge in [-0.3, -0.25) is 4.79 Å². The maximum absolute atomic E-state index is 13.0. The molecule has 3 aliphatic rings. The molecule has 5 nitrogen and oxygen atoms in total. The number of aromatic nitrogens is 3. The third kappa shape index (κ3) is 2.71. The average molecular weight is 356 g/mol. The van der Waals surface area contributed by atoms with Crippen LogP contribution in [0.2, 0.25) is 0 Å². The molecule has 3 heterocycles. The zero-order valence-corrected chi connectivity index (χ0v) is 15.3. The van der Waals surface area contributed by atoms with Crippen LogP contribution in [0.1, 0.15) is 53.7 Å². The molecule has 1 fully saturated rings. The van der Waals surface area contributed by atoms with Gasteiger partial charge >= 0.3 is 0 Å². The van der Waals surface area contributed by atoms with Crippen LogP contribution in [0.5, 0.6) is 0 Å². The molecule has 1 aliphatic heterocycles. The van der Waals surface area contributed by atoms with E-state index in [0.29, 0.717) is 11.9 Å². The summed E-state index contributed by atoms with van der Waals surface area (Å²) in [4.78, 5) is 25.5. The van der Waals surface area contributed by atoms with E-state index in [1.807, 2.05) is 11.8 Å². The Balaban J connectivity index is 1.28. The molecule has 0 aromatic carbocycles. The van der Waals surface area contributed by atoms with E-state index in [-0.39, 0.29) is 5.92 Å². The fraction of sp³-hybridized carbons (Fsp3) is 0.632. The van der Waals surface area contributed by atoms with Gasteiger partial charge in [0.1, 0.15) is 0 Å². The first-order valence-corrected chi connectivity index (χ1v) is 10.4. The number of carbonyl (C=O) groups excluding carboxylic acids is 1. The van der Waals surface area contributed by atoms with E-state index in [2.05, 4.69) is 19.4 Å². The van der Waals surface area contributed by atoms with Crippen molar-refractivity contribution in [1.29, 1.82) is 0 Å². The molecule has 2 aliphatic carbocycles. The standard InChI is InChI=1S/C19H24N4OS/c24-19(13-5-6-16-18(9-13)25-12-21-16)22-8-7-14(10-22)23-11-20-15-3-1-2-4-17(15)23/h11-14H,1-10H2. The van der Waals surface area contributed by atoms with E-state index in [0.717, 1.165) is 51.6 Å². The molecular formula is C19H24N4OS. The van der Waals surface area contributed by atoms with Crippen molar-refractivity contribution in [2.45, 2.75) is 57.4 Å². The summed E-state index contributed by atoms with van der Waals surface area (Å²) < 4.78 is 2.38. The number of imidazole rings is 1. The predicted molar refractivity (Wildman–Crippen MR) is 96.7 cm³/mol. The number of rotatable bonds is 2. The quantitative estimate of drug-likeness (QED) is 0.831. The van der Waals surface area contributed by atoms with Gasteiger partial charge in [-0.05, 0) is 51.4 Å². The van der Waals surface area contributed by atoms with Crippen LogP contribution in [0, 0.1) is 5.92 Å². The van der Waals surface area contributed by atoms with Gasteiger partial charge < -0.3 is 9.47 Å². The third-order valence-corrected chi connectivity index (χ3v) is 7.06. The molecule has 0 spiro atoms. The van der Waals surface area contributed by atoms with Crippen molar-refractivity contribution < 1.29 is 4.79 Å². The van der Waals surface area contributed by atoms with Gasteiger partial charge in [-0.25, -0.2) is 9.97 Å². The van der Waals surface area contributed by atoms with Crippen molar-refractivity contribution in [3.05, 3.63) is 33.8 Å². The Hall–Kier alpha value is -1.69. The lowest BCUT2D eigenvalue weighted by atomic mass is 9.90. The molecule has 2 aromatic heterocycles. The van der Waals surface area contributed by atoms with Gasteiger partial charge in [-0.1, -0.05) is 0 Å². The summed E-state index contributed by atoms with van der Waals surface area (Å²) in [6, 6.07) is 0.417. The Morgan fingerprint density at radius 2 is 2.04 bits per heavy atom. The molecular weight excluding hydrogens is 332 g/mol. The van der Waals surface area contributed by atoms with Crippen LogP contribution in [-0.2, 0) is 30.5 Å². The summed E-state index contributed by atoms with van der Waals surface area (Å²) in [7, 11) is 0. The molecule has 0 bridgehead atoms. The molecule has 6 heteroatoms. The Kier molecular flexibility index (Phi) is 3.88. The first-order valence-electron chi connectivity index (χ1n) is 9.54. The minimum absolute atomic E-state index is 0.156. The molecule has 2 aromatic rings. The number of hydrogen-bond donors (Lipinski definition) is 0. The molecule has 5 rings (SSSR count). The Morgan fingerprint density at radius 1 is 1.12 bits per heavy atom. The smallest absolute Gasteiger partial charge is 0.226 e. The fourth-order valence-electron chi connectivity index (χ4n) is 4.75. The summed E-state index contributed by atoms with van der Waals surface area (Å²) in [5.74, 6) is 0.513. The summed E-state index contributed by atoms with van der Waals surface area (Å²) in [6.45, 7) is 1.75. The summed E-state index contributed by atoms with van der Waals surface area (Å²) in [5.41, 5.74) is 5.86. The van der Waals surface area contributed by atoms with E-state index in [1.54, 1.807) is 11.3 Å². The van der Waals surface area contributed by atoms with Gasteiger partial charge in [0.25, 0.3) is 0 Å².